The summed E-state index contributed by atoms with van der Waals surface area (Å²) in [5.74, 6) is 0.961. The molecule has 2 aromatic carbocycles. The monoisotopic (exact) mass is 372 g/mol. The molecule has 0 saturated heterocycles. The molecule has 28 heavy (non-hydrogen) atoms. The van der Waals surface area contributed by atoms with Crippen LogP contribution in [0.15, 0.2) is 42.5 Å². The van der Waals surface area contributed by atoms with Crippen LogP contribution < -0.4 is 5.32 Å². The first-order valence-corrected chi connectivity index (χ1v) is 10.1. The molecule has 0 saturated carbocycles. The quantitative estimate of drug-likeness (QED) is 0.457. The first-order valence-electron chi connectivity index (χ1n) is 10.1. The number of para-hydroxylation sites is 3. The summed E-state index contributed by atoms with van der Waals surface area (Å²) in [6, 6.07) is 14.1. The number of aromatic amines is 2. The molecule has 0 fully saturated rings. The van der Waals surface area contributed by atoms with Gasteiger partial charge in [-0.2, -0.15) is 0 Å². The van der Waals surface area contributed by atoms with E-state index in [4.69, 9.17) is 0 Å². The predicted octanol–water partition coefficient (Wildman–Crippen LogP) is 4.29. The zero-order valence-electron chi connectivity index (χ0n) is 15.8. The lowest BCUT2D eigenvalue weighted by atomic mass is 9.95. The van der Waals surface area contributed by atoms with Gasteiger partial charge in [0.2, 0.25) is 0 Å². The molecule has 1 amide bonds. The molecule has 0 unspecified atom stereocenters. The zero-order chi connectivity index (χ0) is 18.9. The molecule has 1 aliphatic carbocycles. The second kappa shape index (κ2) is 7.15. The number of hydrogen-bond acceptors (Lipinski definition) is 2. The Balaban J connectivity index is 1.25. The smallest absolute Gasteiger partial charge is 0.253 e. The van der Waals surface area contributed by atoms with Crippen molar-refractivity contribution in [3.63, 3.8) is 0 Å². The van der Waals surface area contributed by atoms with E-state index in [-0.39, 0.29) is 5.91 Å². The number of rotatable bonds is 5. The Bertz CT molecular complexity index is 1120. The van der Waals surface area contributed by atoms with E-state index in [1.54, 1.807) is 0 Å². The fourth-order valence-corrected chi connectivity index (χ4v) is 4.30. The van der Waals surface area contributed by atoms with E-state index in [1.807, 2.05) is 36.4 Å². The number of aryl methyl sites for hydroxylation is 3. The van der Waals surface area contributed by atoms with Crippen LogP contribution in [0.2, 0.25) is 0 Å². The maximum Gasteiger partial charge on any atom is 0.253 e. The number of hydrogen-bond donors (Lipinski definition) is 3. The van der Waals surface area contributed by atoms with Crippen LogP contribution in [-0.2, 0) is 19.3 Å². The summed E-state index contributed by atoms with van der Waals surface area (Å²) in [5.41, 5.74) is 6.50. The highest BCUT2D eigenvalue weighted by Gasteiger charge is 2.19. The van der Waals surface area contributed by atoms with Crippen molar-refractivity contribution < 1.29 is 4.79 Å². The van der Waals surface area contributed by atoms with Crippen molar-refractivity contribution >= 4 is 27.8 Å². The number of nitrogens with zero attached hydrogens (tertiary/aromatic N) is 1. The Kier molecular flexibility index (Phi) is 4.35. The van der Waals surface area contributed by atoms with Crippen molar-refractivity contribution in [1.82, 2.24) is 20.3 Å². The average molecular weight is 372 g/mol. The summed E-state index contributed by atoms with van der Waals surface area (Å²) < 4.78 is 0. The number of benzene rings is 2. The fourth-order valence-electron chi connectivity index (χ4n) is 4.30. The van der Waals surface area contributed by atoms with Crippen LogP contribution in [-0.4, -0.2) is 27.4 Å². The van der Waals surface area contributed by atoms with Crippen LogP contribution in [0, 0.1) is 0 Å². The van der Waals surface area contributed by atoms with Crippen molar-refractivity contribution in [3.8, 4) is 0 Å². The van der Waals surface area contributed by atoms with E-state index >= 15 is 0 Å². The molecule has 1 aliphatic rings. The third kappa shape index (κ3) is 3.07. The molecule has 0 atom stereocenters. The highest BCUT2D eigenvalue weighted by molar-refractivity contribution is 6.06. The van der Waals surface area contributed by atoms with Gasteiger partial charge < -0.3 is 15.3 Å². The molecule has 0 aliphatic heterocycles. The SMILES string of the molecule is O=C(NCCCc1nc2ccccc2[nH]1)c1cccc2c3c([nH]c12)CCCC3. The molecule has 2 heterocycles. The Morgan fingerprint density at radius 2 is 1.93 bits per heavy atom. The fraction of sp³-hybridized carbons (Fsp3) is 0.304. The largest absolute Gasteiger partial charge is 0.358 e. The van der Waals surface area contributed by atoms with Crippen molar-refractivity contribution in [1.29, 1.82) is 0 Å². The number of fused-ring (bicyclic) bond motifs is 4. The van der Waals surface area contributed by atoms with Crippen molar-refractivity contribution in [3.05, 3.63) is 65.1 Å². The number of carbonyl (C=O) groups excluding carboxylic acids is 1. The Labute approximate surface area is 163 Å². The van der Waals surface area contributed by atoms with Gasteiger partial charge in [0.15, 0.2) is 0 Å². The summed E-state index contributed by atoms with van der Waals surface area (Å²) in [6.45, 7) is 0.632. The Morgan fingerprint density at radius 1 is 1.04 bits per heavy atom. The van der Waals surface area contributed by atoms with Gasteiger partial charge in [0, 0.05) is 24.0 Å². The molecule has 4 aromatic rings. The van der Waals surface area contributed by atoms with Gasteiger partial charge in [0.25, 0.3) is 5.91 Å². The van der Waals surface area contributed by atoms with E-state index in [9.17, 15) is 4.79 Å². The summed E-state index contributed by atoms with van der Waals surface area (Å²) in [5, 5.41) is 4.29. The number of aromatic nitrogens is 3. The highest BCUT2D eigenvalue weighted by Crippen LogP contribution is 2.30. The summed E-state index contributed by atoms with van der Waals surface area (Å²) in [7, 11) is 0. The molecular weight excluding hydrogens is 348 g/mol. The predicted molar refractivity (Wildman–Crippen MR) is 112 cm³/mol. The first kappa shape index (κ1) is 17.0. The Hall–Kier alpha value is -3.08. The van der Waals surface area contributed by atoms with Crippen molar-refractivity contribution in [2.45, 2.75) is 38.5 Å². The number of nitrogens with one attached hydrogen (secondary N) is 3. The number of H-pyrrole nitrogens is 2. The average Bonchev–Trinajstić information content (AvgIpc) is 3.31. The number of amides is 1. The lowest BCUT2D eigenvalue weighted by Crippen LogP contribution is -2.25. The lowest BCUT2D eigenvalue weighted by molar-refractivity contribution is 0.0954. The molecule has 0 radical (unpaired) electrons. The van der Waals surface area contributed by atoms with Crippen LogP contribution in [0.25, 0.3) is 21.9 Å². The van der Waals surface area contributed by atoms with Gasteiger partial charge in [-0.05, 0) is 55.9 Å². The van der Waals surface area contributed by atoms with Crippen molar-refractivity contribution in [2.75, 3.05) is 6.54 Å². The highest BCUT2D eigenvalue weighted by atomic mass is 16.1. The summed E-state index contributed by atoms with van der Waals surface area (Å²) >= 11 is 0. The zero-order valence-corrected chi connectivity index (χ0v) is 15.8. The molecule has 5 heteroatoms. The standard InChI is InChI=1S/C23H24N4O/c28-23(24-14-6-13-21-25-19-11-3-4-12-20(19)26-21)17-9-5-8-16-15-7-1-2-10-18(15)27-22(16)17/h3-5,8-9,11-12,27H,1-2,6-7,10,13-14H2,(H,24,28)(H,25,26). The van der Waals surface area contributed by atoms with Crippen LogP contribution in [0.3, 0.4) is 0 Å². The lowest BCUT2D eigenvalue weighted by Gasteiger charge is -2.10. The summed E-state index contributed by atoms with van der Waals surface area (Å²) in [4.78, 5) is 24.2. The van der Waals surface area contributed by atoms with E-state index < -0.39 is 0 Å². The van der Waals surface area contributed by atoms with Gasteiger partial charge in [-0.15, -0.1) is 0 Å². The van der Waals surface area contributed by atoms with Crippen molar-refractivity contribution in [2.24, 2.45) is 0 Å². The van der Waals surface area contributed by atoms with E-state index in [2.05, 4.69) is 26.3 Å². The Morgan fingerprint density at radius 3 is 2.86 bits per heavy atom. The molecular formula is C23H24N4O. The van der Waals surface area contributed by atoms with Gasteiger partial charge >= 0.3 is 0 Å². The summed E-state index contributed by atoms with van der Waals surface area (Å²) in [6.07, 6.45) is 6.32. The number of carbonyl (C=O) groups is 1. The number of imidazole rings is 1. The van der Waals surface area contributed by atoms with Gasteiger partial charge in [-0.25, -0.2) is 4.98 Å². The van der Waals surface area contributed by atoms with Gasteiger partial charge in [0.1, 0.15) is 5.82 Å². The van der Waals surface area contributed by atoms with Crippen LogP contribution >= 0.6 is 0 Å². The van der Waals surface area contributed by atoms with Gasteiger partial charge in [0.05, 0.1) is 22.1 Å². The van der Waals surface area contributed by atoms with Gasteiger partial charge in [-0.3, -0.25) is 4.79 Å². The third-order valence-corrected chi connectivity index (χ3v) is 5.69. The topological polar surface area (TPSA) is 73.6 Å². The van der Waals surface area contributed by atoms with Gasteiger partial charge in [-0.1, -0.05) is 24.3 Å². The molecule has 3 N–H and O–H groups in total. The maximum absolute atomic E-state index is 12.8. The molecule has 5 nitrogen and oxygen atoms in total. The minimum absolute atomic E-state index is 0.00574. The van der Waals surface area contributed by atoms with Crippen LogP contribution in [0.1, 0.15) is 46.7 Å². The van der Waals surface area contributed by atoms with E-state index in [0.29, 0.717) is 6.54 Å². The maximum atomic E-state index is 12.8. The molecule has 142 valence electrons. The minimum Gasteiger partial charge on any atom is -0.358 e. The third-order valence-electron chi connectivity index (χ3n) is 5.69. The molecule has 2 aromatic heterocycles. The molecule has 0 bridgehead atoms. The normalized spacial score (nSPS) is 13.7. The molecule has 0 spiro atoms. The first-order chi connectivity index (χ1) is 13.8. The second-order valence-corrected chi connectivity index (χ2v) is 7.58. The van der Waals surface area contributed by atoms with E-state index in [0.717, 1.165) is 53.6 Å². The van der Waals surface area contributed by atoms with Crippen LogP contribution in [0.5, 0.6) is 0 Å². The minimum atomic E-state index is -0.00574. The molecule has 5 rings (SSSR count). The second-order valence-electron chi connectivity index (χ2n) is 7.58. The van der Waals surface area contributed by atoms with Crippen LogP contribution in [0.4, 0.5) is 0 Å². The van der Waals surface area contributed by atoms with E-state index in [1.165, 1.54) is 29.5 Å².